The summed E-state index contributed by atoms with van der Waals surface area (Å²) in [6, 6.07) is 0.846. The van der Waals surface area contributed by atoms with Crippen LogP contribution in [0, 0.1) is 11.8 Å². The molecule has 0 aromatic rings. The van der Waals surface area contributed by atoms with Crippen LogP contribution >= 0.6 is 0 Å². The largest absolute Gasteiger partial charge is 0.299 e. The van der Waals surface area contributed by atoms with E-state index in [1.807, 2.05) is 0 Å². The minimum Gasteiger partial charge on any atom is -0.299 e. The van der Waals surface area contributed by atoms with Crippen LogP contribution < -0.4 is 0 Å². The molecule has 15 heavy (non-hydrogen) atoms. The van der Waals surface area contributed by atoms with Crippen molar-refractivity contribution in [2.75, 3.05) is 13.1 Å². The molecular formula is C13H21NO. The Morgan fingerprint density at radius 2 is 1.87 bits per heavy atom. The lowest BCUT2D eigenvalue weighted by molar-refractivity contribution is -0.121. The molecule has 2 heteroatoms. The first-order chi connectivity index (χ1) is 7.33. The Kier molecular flexibility index (Phi) is 2.55. The predicted molar refractivity (Wildman–Crippen MR) is 59.7 cm³/mol. The lowest BCUT2D eigenvalue weighted by atomic mass is 10.1. The van der Waals surface area contributed by atoms with E-state index in [0.717, 1.165) is 37.8 Å². The van der Waals surface area contributed by atoms with Gasteiger partial charge in [-0.2, -0.15) is 0 Å². The second-order valence-corrected chi connectivity index (χ2v) is 5.68. The zero-order valence-electron chi connectivity index (χ0n) is 9.45. The van der Waals surface area contributed by atoms with Crippen LogP contribution in [-0.4, -0.2) is 29.8 Å². The van der Waals surface area contributed by atoms with E-state index in [-0.39, 0.29) is 0 Å². The van der Waals surface area contributed by atoms with Crippen LogP contribution in [0.5, 0.6) is 0 Å². The molecule has 0 aromatic heterocycles. The first kappa shape index (κ1) is 9.83. The molecule has 0 spiro atoms. The Morgan fingerprint density at radius 1 is 1.07 bits per heavy atom. The van der Waals surface area contributed by atoms with E-state index < -0.39 is 0 Å². The van der Waals surface area contributed by atoms with Crippen molar-refractivity contribution >= 4 is 5.78 Å². The highest BCUT2D eigenvalue weighted by molar-refractivity contribution is 5.83. The quantitative estimate of drug-likeness (QED) is 0.689. The molecule has 3 saturated carbocycles. The van der Waals surface area contributed by atoms with Crippen molar-refractivity contribution in [1.29, 1.82) is 0 Å². The van der Waals surface area contributed by atoms with E-state index in [2.05, 4.69) is 4.90 Å². The zero-order chi connectivity index (χ0) is 10.3. The molecule has 1 unspecified atom stereocenters. The van der Waals surface area contributed by atoms with Gasteiger partial charge in [-0.1, -0.05) is 0 Å². The average molecular weight is 207 g/mol. The van der Waals surface area contributed by atoms with Crippen LogP contribution in [-0.2, 0) is 4.79 Å². The fourth-order valence-electron chi connectivity index (χ4n) is 2.81. The van der Waals surface area contributed by atoms with Gasteiger partial charge in [-0.05, 0) is 44.4 Å². The summed E-state index contributed by atoms with van der Waals surface area (Å²) in [6.45, 7) is 2.37. The summed E-state index contributed by atoms with van der Waals surface area (Å²) in [6.07, 6.45) is 8.79. The fraction of sp³-hybridized carbons (Fsp3) is 0.923. The van der Waals surface area contributed by atoms with E-state index in [4.69, 9.17) is 0 Å². The van der Waals surface area contributed by atoms with E-state index in [1.54, 1.807) is 0 Å². The fourth-order valence-corrected chi connectivity index (χ4v) is 2.81. The van der Waals surface area contributed by atoms with Crippen molar-refractivity contribution in [1.82, 2.24) is 4.90 Å². The van der Waals surface area contributed by atoms with Gasteiger partial charge < -0.3 is 0 Å². The molecule has 0 radical (unpaired) electrons. The molecule has 3 aliphatic carbocycles. The minimum atomic E-state index is 0.393. The SMILES string of the molecule is O=C1CCCC1CN(CC1CC1)C1CC1. The number of ketones is 1. The average Bonchev–Trinajstić information content (AvgIpc) is 3.10. The van der Waals surface area contributed by atoms with E-state index in [1.165, 1.54) is 32.2 Å². The molecule has 3 fully saturated rings. The van der Waals surface area contributed by atoms with Crippen LogP contribution in [0.15, 0.2) is 0 Å². The highest BCUT2D eigenvalue weighted by Crippen LogP contribution is 2.36. The number of nitrogens with zero attached hydrogens (tertiary/aromatic N) is 1. The molecular weight excluding hydrogens is 186 g/mol. The first-order valence-electron chi connectivity index (χ1n) is 6.59. The van der Waals surface area contributed by atoms with Gasteiger partial charge >= 0.3 is 0 Å². The maximum absolute atomic E-state index is 11.6. The highest BCUT2D eigenvalue weighted by atomic mass is 16.1. The molecule has 2 nitrogen and oxygen atoms in total. The van der Waals surface area contributed by atoms with Crippen molar-refractivity contribution in [2.45, 2.75) is 51.0 Å². The van der Waals surface area contributed by atoms with E-state index in [9.17, 15) is 4.79 Å². The summed E-state index contributed by atoms with van der Waals surface area (Å²) in [5.74, 6) is 1.91. The normalized spacial score (nSPS) is 31.5. The number of hydrogen-bond donors (Lipinski definition) is 0. The third kappa shape index (κ3) is 2.41. The summed E-state index contributed by atoms with van der Waals surface area (Å²) in [5, 5.41) is 0. The molecule has 1 atom stereocenters. The van der Waals surface area contributed by atoms with Gasteiger partial charge in [0.25, 0.3) is 0 Å². The molecule has 0 aliphatic heterocycles. The van der Waals surface area contributed by atoms with Gasteiger partial charge in [-0.15, -0.1) is 0 Å². The summed E-state index contributed by atoms with van der Waals surface area (Å²) < 4.78 is 0. The molecule has 0 bridgehead atoms. The van der Waals surface area contributed by atoms with Crippen LogP contribution in [0.4, 0.5) is 0 Å². The molecule has 84 valence electrons. The summed E-state index contributed by atoms with van der Waals surface area (Å²) in [7, 11) is 0. The Morgan fingerprint density at radius 3 is 2.40 bits per heavy atom. The summed E-state index contributed by atoms with van der Waals surface area (Å²) in [5.41, 5.74) is 0. The van der Waals surface area contributed by atoms with Crippen molar-refractivity contribution in [2.24, 2.45) is 11.8 Å². The molecule has 0 amide bonds. The lowest BCUT2D eigenvalue weighted by Gasteiger charge is -2.24. The van der Waals surface area contributed by atoms with Crippen LogP contribution in [0.3, 0.4) is 0 Å². The van der Waals surface area contributed by atoms with Gasteiger partial charge in [0.15, 0.2) is 0 Å². The standard InChI is InChI=1S/C13H21NO/c15-13-3-1-2-11(13)9-14(12-6-7-12)8-10-4-5-10/h10-12H,1-9H2. The van der Waals surface area contributed by atoms with Gasteiger partial charge in [-0.3, -0.25) is 9.69 Å². The molecule has 0 N–H and O–H groups in total. The second kappa shape index (κ2) is 3.89. The topological polar surface area (TPSA) is 20.3 Å². The third-order valence-corrected chi connectivity index (χ3v) is 4.14. The van der Waals surface area contributed by atoms with E-state index >= 15 is 0 Å². The summed E-state index contributed by atoms with van der Waals surface area (Å²) in [4.78, 5) is 14.3. The molecule has 0 saturated heterocycles. The van der Waals surface area contributed by atoms with Crippen molar-refractivity contribution < 1.29 is 4.79 Å². The number of Topliss-reactive ketones (excluding diaryl/α,β-unsaturated/α-hetero) is 1. The van der Waals surface area contributed by atoms with Crippen molar-refractivity contribution in [3.05, 3.63) is 0 Å². The third-order valence-electron chi connectivity index (χ3n) is 4.14. The Balaban J connectivity index is 1.54. The Hall–Kier alpha value is -0.370. The molecule has 0 heterocycles. The zero-order valence-corrected chi connectivity index (χ0v) is 9.45. The van der Waals surface area contributed by atoms with Crippen LogP contribution in [0.1, 0.15) is 44.9 Å². The van der Waals surface area contributed by atoms with Crippen LogP contribution in [0.25, 0.3) is 0 Å². The van der Waals surface area contributed by atoms with Gasteiger partial charge in [0.2, 0.25) is 0 Å². The number of carbonyl (C=O) groups excluding carboxylic acids is 1. The molecule has 0 aromatic carbocycles. The molecule has 3 aliphatic rings. The van der Waals surface area contributed by atoms with Crippen molar-refractivity contribution in [3.8, 4) is 0 Å². The molecule has 3 rings (SSSR count). The second-order valence-electron chi connectivity index (χ2n) is 5.68. The van der Waals surface area contributed by atoms with Crippen molar-refractivity contribution in [3.63, 3.8) is 0 Å². The van der Waals surface area contributed by atoms with E-state index in [0.29, 0.717) is 11.7 Å². The number of carbonyl (C=O) groups is 1. The number of rotatable bonds is 5. The van der Waals surface area contributed by atoms with Gasteiger partial charge in [0.05, 0.1) is 0 Å². The maximum atomic E-state index is 11.6. The van der Waals surface area contributed by atoms with Gasteiger partial charge in [0, 0.05) is 31.5 Å². The Labute approximate surface area is 92.0 Å². The Bertz CT molecular complexity index is 255. The van der Waals surface area contributed by atoms with Crippen LogP contribution in [0.2, 0.25) is 0 Å². The lowest BCUT2D eigenvalue weighted by Crippen LogP contribution is -2.34. The number of hydrogen-bond acceptors (Lipinski definition) is 2. The first-order valence-corrected chi connectivity index (χ1v) is 6.59. The minimum absolute atomic E-state index is 0.393. The predicted octanol–water partition coefficient (Wildman–Crippen LogP) is 2.23. The monoisotopic (exact) mass is 207 g/mol. The summed E-state index contributed by atoms with van der Waals surface area (Å²) >= 11 is 0. The van der Waals surface area contributed by atoms with Gasteiger partial charge in [0.1, 0.15) is 5.78 Å². The van der Waals surface area contributed by atoms with Gasteiger partial charge in [-0.25, -0.2) is 0 Å². The maximum Gasteiger partial charge on any atom is 0.137 e. The highest BCUT2D eigenvalue weighted by Gasteiger charge is 2.36. The smallest absolute Gasteiger partial charge is 0.137 e.